The smallest absolute Gasteiger partial charge is 0.338 e. The van der Waals surface area contributed by atoms with Gasteiger partial charge in [-0.05, 0) is 93.8 Å². The van der Waals surface area contributed by atoms with Gasteiger partial charge in [-0.3, -0.25) is 9.36 Å². The molecule has 45 heavy (non-hydrogen) atoms. The van der Waals surface area contributed by atoms with E-state index in [2.05, 4.69) is 4.99 Å². The van der Waals surface area contributed by atoms with Crippen molar-refractivity contribution in [3.8, 4) is 17.2 Å². The molecule has 0 N–H and O–H groups in total. The quantitative estimate of drug-likeness (QED) is 0.180. The SMILES string of the molecule is CCOc1ccc([C@H]2C(C(=O)OC(C)C)=C(C)N=c3s/c(=C/c4ccc(OCc5ccc(Cl)cc5)c(OCC)c4)c(=O)n32)cc1. The molecule has 0 radical (unpaired) electrons. The Kier molecular flexibility index (Phi) is 10.1. The molecule has 3 aromatic carbocycles. The number of rotatable bonds is 11. The van der Waals surface area contributed by atoms with Crippen molar-refractivity contribution in [3.05, 3.63) is 119 Å². The van der Waals surface area contributed by atoms with Crippen LogP contribution in [-0.2, 0) is 16.1 Å². The maximum Gasteiger partial charge on any atom is 0.338 e. The first-order valence-electron chi connectivity index (χ1n) is 14.8. The summed E-state index contributed by atoms with van der Waals surface area (Å²) in [6.45, 7) is 10.5. The highest BCUT2D eigenvalue weighted by Gasteiger charge is 2.33. The zero-order valence-corrected chi connectivity index (χ0v) is 27.4. The Morgan fingerprint density at radius 3 is 2.36 bits per heavy atom. The largest absolute Gasteiger partial charge is 0.494 e. The van der Waals surface area contributed by atoms with Gasteiger partial charge in [-0.25, -0.2) is 9.79 Å². The normalized spacial score (nSPS) is 14.6. The summed E-state index contributed by atoms with van der Waals surface area (Å²) in [4.78, 5) is 32.6. The fourth-order valence-corrected chi connectivity index (χ4v) is 6.16. The van der Waals surface area contributed by atoms with E-state index in [1.807, 2.05) is 80.6 Å². The van der Waals surface area contributed by atoms with Crippen LogP contribution in [0.15, 0.2) is 87.8 Å². The van der Waals surface area contributed by atoms with E-state index in [4.69, 9.17) is 30.5 Å². The summed E-state index contributed by atoms with van der Waals surface area (Å²) < 4.78 is 25.2. The summed E-state index contributed by atoms with van der Waals surface area (Å²) in [7, 11) is 0. The lowest BCUT2D eigenvalue weighted by atomic mass is 9.96. The molecule has 0 amide bonds. The summed E-state index contributed by atoms with van der Waals surface area (Å²) in [6.07, 6.45) is 1.47. The Balaban J connectivity index is 1.54. The van der Waals surface area contributed by atoms with E-state index < -0.39 is 12.0 Å². The number of halogens is 1. The molecule has 234 valence electrons. The molecule has 0 fully saturated rings. The van der Waals surface area contributed by atoms with Gasteiger partial charge in [0.15, 0.2) is 16.3 Å². The monoisotopic (exact) mass is 646 g/mol. The van der Waals surface area contributed by atoms with Gasteiger partial charge in [-0.2, -0.15) is 0 Å². The van der Waals surface area contributed by atoms with E-state index in [9.17, 15) is 9.59 Å². The average Bonchev–Trinajstić information content (AvgIpc) is 3.31. The number of fused-ring (bicyclic) bond motifs is 1. The first-order chi connectivity index (χ1) is 21.7. The van der Waals surface area contributed by atoms with Crippen LogP contribution < -0.4 is 29.1 Å². The van der Waals surface area contributed by atoms with Crippen LogP contribution >= 0.6 is 22.9 Å². The van der Waals surface area contributed by atoms with Gasteiger partial charge in [0.05, 0.1) is 41.2 Å². The van der Waals surface area contributed by atoms with Crippen molar-refractivity contribution in [1.29, 1.82) is 0 Å². The third-order valence-electron chi connectivity index (χ3n) is 6.96. The first-order valence-corrected chi connectivity index (χ1v) is 16.0. The van der Waals surface area contributed by atoms with Crippen molar-refractivity contribution in [2.45, 2.75) is 53.4 Å². The molecule has 1 aromatic heterocycles. The van der Waals surface area contributed by atoms with Crippen LogP contribution in [0.5, 0.6) is 17.2 Å². The second kappa shape index (κ2) is 14.2. The van der Waals surface area contributed by atoms with E-state index >= 15 is 0 Å². The second-order valence-corrected chi connectivity index (χ2v) is 12.0. The van der Waals surface area contributed by atoms with Crippen LogP contribution in [0.25, 0.3) is 6.08 Å². The Morgan fingerprint density at radius 1 is 0.978 bits per heavy atom. The molecule has 2 heterocycles. The number of carbonyl (C=O) groups excluding carboxylic acids is 1. The van der Waals surface area contributed by atoms with Gasteiger partial charge in [0, 0.05) is 5.02 Å². The fraction of sp³-hybridized carbons (Fsp3) is 0.286. The van der Waals surface area contributed by atoms with Crippen LogP contribution in [0, 0.1) is 0 Å². The van der Waals surface area contributed by atoms with Crippen molar-refractivity contribution < 1.29 is 23.7 Å². The number of benzene rings is 3. The van der Waals surface area contributed by atoms with Crippen molar-refractivity contribution in [3.63, 3.8) is 0 Å². The van der Waals surface area contributed by atoms with Gasteiger partial charge in [0.2, 0.25) is 0 Å². The van der Waals surface area contributed by atoms with Gasteiger partial charge in [-0.1, -0.05) is 53.3 Å². The molecule has 5 rings (SSSR count). The zero-order valence-electron chi connectivity index (χ0n) is 25.8. The van der Waals surface area contributed by atoms with Crippen molar-refractivity contribution in [2.75, 3.05) is 13.2 Å². The summed E-state index contributed by atoms with van der Waals surface area (Å²) in [5, 5.41) is 0.663. The topological polar surface area (TPSA) is 88.4 Å². The van der Waals surface area contributed by atoms with Crippen LogP contribution in [-0.4, -0.2) is 29.9 Å². The van der Waals surface area contributed by atoms with Crippen LogP contribution in [0.4, 0.5) is 0 Å². The molecule has 1 atom stereocenters. The van der Waals surface area contributed by atoms with E-state index in [0.29, 0.717) is 62.7 Å². The van der Waals surface area contributed by atoms with Crippen molar-refractivity contribution in [2.24, 2.45) is 4.99 Å². The lowest BCUT2D eigenvalue weighted by Gasteiger charge is -2.25. The van der Waals surface area contributed by atoms with Gasteiger partial charge < -0.3 is 18.9 Å². The highest BCUT2D eigenvalue weighted by molar-refractivity contribution is 7.07. The van der Waals surface area contributed by atoms with E-state index in [-0.39, 0.29) is 11.7 Å². The number of aromatic nitrogens is 1. The van der Waals surface area contributed by atoms with E-state index in [0.717, 1.165) is 16.7 Å². The Hall–Kier alpha value is -4.34. The molecule has 0 saturated carbocycles. The minimum atomic E-state index is -0.715. The van der Waals surface area contributed by atoms with Crippen LogP contribution in [0.1, 0.15) is 57.4 Å². The summed E-state index contributed by atoms with van der Waals surface area (Å²) in [6, 6.07) is 19.7. The Labute approximate surface area is 270 Å². The van der Waals surface area contributed by atoms with Crippen LogP contribution in [0.2, 0.25) is 5.02 Å². The number of hydrogen-bond donors (Lipinski definition) is 0. The minimum absolute atomic E-state index is 0.263. The molecule has 1 aliphatic rings. The van der Waals surface area contributed by atoms with Gasteiger partial charge in [0.1, 0.15) is 12.4 Å². The summed E-state index contributed by atoms with van der Waals surface area (Å²) in [5.74, 6) is 1.35. The average molecular weight is 647 g/mol. The summed E-state index contributed by atoms with van der Waals surface area (Å²) in [5.41, 5.74) is 3.05. The van der Waals surface area contributed by atoms with Crippen molar-refractivity contribution in [1.82, 2.24) is 4.57 Å². The fourth-order valence-electron chi connectivity index (χ4n) is 4.98. The van der Waals surface area contributed by atoms with E-state index in [1.54, 1.807) is 31.4 Å². The third kappa shape index (κ3) is 7.32. The second-order valence-electron chi connectivity index (χ2n) is 10.6. The molecule has 0 saturated heterocycles. The van der Waals surface area contributed by atoms with Gasteiger partial charge in [-0.15, -0.1) is 0 Å². The van der Waals surface area contributed by atoms with Crippen molar-refractivity contribution >= 4 is 35.0 Å². The molecule has 10 heteroatoms. The highest BCUT2D eigenvalue weighted by Crippen LogP contribution is 2.32. The molecule has 8 nitrogen and oxygen atoms in total. The molecule has 0 unspecified atom stereocenters. The number of allylic oxidation sites excluding steroid dienone is 1. The van der Waals surface area contributed by atoms with Crippen LogP contribution in [0.3, 0.4) is 0 Å². The molecule has 1 aliphatic heterocycles. The van der Waals surface area contributed by atoms with Gasteiger partial charge >= 0.3 is 5.97 Å². The number of nitrogens with zero attached hydrogens (tertiary/aromatic N) is 2. The lowest BCUT2D eigenvalue weighted by Crippen LogP contribution is -2.40. The Morgan fingerprint density at radius 2 is 1.69 bits per heavy atom. The first kappa shape index (κ1) is 32.1. The molecule has 4 aromatic rings. The molecule has 0 aliphatic carbocycles. The minimum Gasteiger partial charge on any atom is -0.494 e. The standard InChI is InChI=1S/C35H35ClN2O6S/c1-6-41-27-15-11-25(12-16-27)32-31(34(40)44-21(3)4)22(5)37-35-38(32)33(39)30(45-35)19-24-10-17-28(29(18-24)42-7-2)43-20-23-8-13-26(36)14-9-23/h8-19,21,32H,6-7,20H2,1-5H3/b30-19+/t32-/m0/s1. The zero-order chi connectivity index (χ0) is 32.1. The molecular weight excluding hydrogens is 612 g/mol. The molecular formula is C35H35ClN2O6S. The highest BCUT2D eigenvalue weighted by atomic mass is 35.5. The maximum atomic E-state index is 14.0. The number of esters is 1. The lowest BCUT2D eigenvalue weighted by molar-refractivity contribution is -0.143. The Bertz CT molecular complexity index is 1890. The summed E-state index contributed by atoms with van der Waals surface area (Å²) >= 11 is 7.27. The number of thiazole rings is 1. The van der Waals surface area contributed by atoms with Gasteiger partial charge in [0.25, 0.3) is 5.56 Å². The number of ether oxygens (including phenoxy) is 4. The third-order valence-corrected chi connectivity index (χ3v) is 8.20. The maximum absolute atomic E-state index is 14.0. The number of hydrogen-bond acceptors (Lipinski definition) is 8. The van der Waals surface area contributed by atoms with E-state index in [1.165, 1.54) is 11.3 Å². The molecule has 0 bridgehead atoms. The predicted molar refractivity (Wildman–Crippen MR) is 176 cm³/mol. The predicted octanol–water partition coefficient (Wildman–Crippen LogP) is 6.22. The molecule has 0 spiro atoms. The number of carbonyl (C=O) groups is 1.